The Bertz CT molecular complexity index is 105. The topological polar surface area (TPSA) is 63.3 Å². The van der Waals surface area contributed by atoms with Crippen LogP contribution >= 0.6 is 0 Å². The van der Waals surface area contributed by atoms with Crippen LogP contribution in [-0.2, 0) is 4.79 Å². The molecule has 0 fully saturated rings. The largest absolute Gasteiger partial charge is 0.480 e. The number of hydrogen-bond acceptors (Lipinski definition) is 2. The van der Waals surface area contributed by atoms with Crippen LogP contribution in [0.25, 0.3) is 0 Å². The van der Waals surface area contributed by atoms with Crippen molar-refractivity contribution >= 4 is 5.97 Å². The molecule has 0 unspecified atom stereocenters. The second-order valence-electron chi connectivity index (χ2n) is 0.964. The molecule has 42 valence electrons. The fraction of sp³-hybridized carbons (Fsp3) is 0.667. The molecule has 0 radical (unpaired) electrons. The average Bonchev–Trinajstić information content (AvgIpc) is 1.67. The second-order valence-corrected chi connectivity index (χ2v) is 0.964. The van der Waals surface area contributed by atoms with Crippen LogP contribution in [0, 0.1) is 0 Å². The van der Waals surface area contributed by atoms with E-state index in [0.29, 0.717) is 0 Å². The quantitative estimate of drug-likeness (QED) is 0.495. The van der Waals surface area contributed by atoms with Crippen LogP contribution in [0.5, 0.6) is 0 Å². The number of nitrogens with two attached hydrogens (primary N) is 1. The highest BCUT2D eigenvalue weighted by Crippen LogP contribution is 1.76. The van der Waals surface area contributed by atoms with Gasteiger partial charge >= 0.3 is 5.97 Å². The lowest BCUT2D eigenvalue weighted by Gasteiger charge is -1.94. The van der Waals surface area contributed by atoms with Gasteiger partial charge in [-0.2, -0.15) is 0 Å². The molecular formula is C3H6FNO2. The van der Waals surface area contributed by atoms with E-state index < -0.39 is 18.7 Å². The summed E-state index contributed by atoms with van der Waals surface area (Å²) in [5.41, 5.74) is 4.55. The minimum atomic E-state index is -2.46. The minimum Gasteiger partial charge on any atom is -0.480 e. The maximum atomic E-state index is 11.3. The van der Waals surface area contributed by atoms with Crippen molar-refractivity contribution < 1.29 is 15.7 Å². The summed E-state index contributed by atoms with van der Waals surface area (Å²) in [4.78, 5) is 9.70. The number of rotatable bonds is 2. The summed E-state index contributed by atoms with van der Waals surface area (Å²) < 4.78 is 17.8. The standard InChI is InChI=1S/C3H6FNO2/c4-1-2(5)3(6)7/h2H,1,5H2,(H,6,7)/t2-/m1/s1/i2D. The first-order valence-electron chi connectivity index (χ1n) is 2.09. The molecule has 0 aromatic carbocycles. The Morgan fingerprint density at radius 2 is 2.71 bits per heavy atom. The van der Waals surface area contributed by atoms with Crippen molar-refractivity contribution in [2.24, 2.45) is 5.73 Å². The number of carboxylic acids is 1. The van der Waals surface area contributed by atoms with Crippen LogP contribution in [0.1, 0.15) is 1.37 Å². The number of carboxylic acid groups (broad SMARTS) is 1. The summed E-state index contributed by atoms with van der Waals surface area (Å²) in [5, 5.41) is 7.89. The Labute approximate surface area is 41.3 Å². The lowest BCUT2D eigenvalue weighted by Crippen LogP contribution is -2.31. The van der Waals surface area contributed by atoms with Crippen LogP contribution in [0.15, 0.2) is 0 Å². The van der Waals surface area contributed by atoms with Crippen LogP contribution in [0.3, 0.4) is 0 Å². The first-order valence-corrected chi connectivity index (χ1v) is 1.59. The second kappa shape index (κ2) is 2.52. The molecule has 3 N–H and O–H groups in total. The SMILES string of the molecule is [2H][C@@](N)(CF)C(=O)O. The molecule has 0 aliphatic heterocycles. The van der Waals surface area contributed by atoms with Gasteiger partial charge in [-0.25, -0.2) is 4.39 Å². The molecule has 3 nitrogen and oxygen atoms in total. The summed E-state index contributed by atoms with van der Waals surface area (Å²) >= 11 is 0. The summed E-state index contributed by atoms with van der Waals surface area (Å²) in [6, 6.07) is -2.46. The molecule has 0 aliphatic rings. The maximum Gasteiger partial charge on any atom is 0.323 e. The van der Waals surface area contributed by atoms with Crippen LogP contribution < -0.4 is 5.73 Å². The van der Waals surface area contributed by atoms with E-state index in [1.165, 1.54) is 0 Å². The van der Waals surface area contributed by atoms with Gasteiger partial charge in [0, 0.05) is 0 Å². The minimum absolute atomic E-state index is 1.37. The molecule has 0 aromatic rings. The molecule has 0 heterocycles. The predicted molar refractivity (Wildman–Crippen MR) is 21.6 cm³/mol. The molecule has 7 heavy (non-hydrogen) atoms. The van der Waals surface area contributed by atoms with E-state index in [1.807, 2.05) is 0 Å². The van der Waals surface area contributed by atoms with Gasteiger partial charge in [-0.05, 0) is 0 Å². The highest BCUT2D eigenvalue weighted by atomic mass is 19.1. The third-order valence-corrected chi connectivity index (χ3v) is 0.419. The zero-order valence-electron chi connectivity index (χ0n) is 4.52. The van der Waals surface area contributed by atoms with Crippen molar-refractivity contribution in [2.45, 2.75) is 6.02 Å². The van der Waals surface area contributed by atoms with E-state index in [9.17, 15) is 9.18 Å². The fourth-order valence-corrected chi connectivity index (χ4v) is 0.0572. The van der Waals surface area contributed by atoms with Gasteiger partial charge in [-0.1, -0.05) is 0 Å². The number of alkyl halides is 1. The first kappa shape index (κ1) is 4.52. The van der Waals surface area contributed by atoms with Crippen LogP contribution in [0.4, 0.5) is 4.39 Å². The van der Waals surface area contributed by atoms with E-state index in [-0.39, 0.29) is 0 Å². The lowest BCUT2D eigenvalue weighted by atomic mass is 10.4. The highest BCUT2D eigenvalue weighted by molar-refractivity contribution is 5.73. The van der Waals surface area contributed by atoms with Crippen LogP contribution in [0.2, 0.25) is 0 Å². The normalized spacial score (nSPS) is 20.0. The zero-order chi connectivity index (χ0) is 6.78. The molecule has 0 aromatic heterocycles. The number of aliphatic carboxylic acids is 1. The molecule has 0 amide bonds. The van der Waals surface area contributed by atoms with Gasteiger partial charge in [0.1, 0.15) is 12.7 Å². The molecule has 0 aliphatic carbocycles. The van der Waals surface area contributed by atoms with Crippen molar-refractivity contribution in [3.05, 3.63) is 0 Å². The van der Waals surface area contributed by atoms with Gasteiger partial charge in [-0.3, -0.25) is 4.79 Å². The molecule has 4 heteroatoms. The van der Waals surface area contributed by atoms with E-state index in [2.05, 4.69) is 5.73 Å². The van der Waals surface area contributed by atoms with Gasteiger partial charge in [-0.15, -0.1) is 0 Å². The van der Waals surface area contributed by atoms with Crippen molar-refractivity contribution in [2.75, 3.05) is 6.67 Å². The Balaban J connectivity index is 3.91. The average molecular weight is 108 g/mol. The molecule has 0 saturated heterocycles. The van der Waals surface area contributed by atoms with Gasteiger partial charge in [0.2, 0.25) is 0 Å². The Hall–Kier alpha value is -0.640. The Morgan fingerprint density at radius 1 is 2.29 bits per heavy atom. The molecular weight excluding hydrogens is 101 g/mol. The van der Waals surface area contributed by atoms with Gasteiger partial charge in [0.25, 0.3) is 0 Å². The van der Waals surface area contributed by atoms with Gasteiger partial charge in [0.15, 0.2) is 0 Å². The van der Waals surface area contributed by atoms with Gasteiger partial charge in [0.05, 0.1) is 1.37 Å². The Morgan fingerprint density at radius 3 is 2.71 bits per heavy atom. The lowest BCUT2D eigenvalue weighted by molar-refractivity contribution is -0.138. The van der Waals surface area contributed by atoms with Crippen molar-refractivity contribution in [3.8, 4) is 0 Å². The highest BCUT2D eigenvalue weighted by Gasteiger charge is 2.08. The monoisotopic (exact) mass is 108 g/mol. The maximum absolute atomic E-state index is 11.3. The number of hydrogen-bond donors (Lipinski definition) is 2. The van der Waals surface area contributed by atoms with E-state index >= 15 is 0 Å². The van der Waals surface area contributed by atoms with E-state index in [0.717, 1.165) is 0 Å². The van der Waals surface area contributed by atoms with E-state index in [4.69, 9.17) is 6.48 Å². The third kappa shape index (κ3) is 2.11. The van der Waals surface area contributed by atoms with Crippen molar-refractivity contribution in [1.82, 2.24) is 0 Å². The molecule has 0 spiro atoms. The van der Waals surface area contributed by atoms with Crippen molar-refractivity contribution in [3.63, 3.8) is 0 Å². The molecule has 0 saturated carbocycles. The smallest absolute Gasteiger partial charge is 0.323 e. The van der Waals surface area contributed by atoms with Gasteiger partial charge < -0.3 is 10.8 Å². The summed E-state index contributed by atoms with van der Waals surface area (Å²) in [6.07, 6.45) is 0. The Kier molecular flexibility index (Phi) is 1.63. The third-order valence-electron chi connectivity index (χ3n) is 0.419. The number of halogens is 1. The van der Waals surface area contributed by atoms with E-state index in [1.54, 1.807) is 0 Å². The molecule has 0 bridgehead atoms. The summed E-state index contributed by atoms with van der Waals surface area (Å²) in [5.74, 6) is -1.65. The molecule has 0 rings (SSSR count). The first-order chi connectivity index (χ1) is 3.50. The predicted octanol–water partition coefficient (Wildman–Crippen LogP) is -0.632. The zero-order valence-corrected chi connectivity index (χ0v) is 3.52. The van der Waals surface area contributed by atoms with Crippen LogP contribution in [-0.4, -0.2) is 23.8 Å². The molecule has 1 atom stereocenters. The summed E-state index contributed by atoms with van der Waals surface area (Å²) in [7, 11) is 0. The number of carbonyl (C=O) groups is 1. The van der Waals surface area contributed by atoms with Crippen molar-refractivity contribution in [1.29, 1.82) is 0 Å². The fourth-order valence-electron chi connectivity index (χ4n) is 0.0572. The summed E-state index contributed by atoms with van der Waals surface area (Å²) in [6.45, 7) is -1.37.